The molecule has 3 N–H and O–H groups in total. The Morgan fingerprint density at radius 3 is 2.72 bits per heavy atom. The average molecular weight is 256 g/mol. The molecule has 0 aromatic heterocycles. The third kappa shape index (κ3) is 5.89. The van der Waals surface area contributed by atoms with Gasteiger partial charge in [0.25, 0.3) is 0 Å². The quantitative estimate of drug-likeness (QED) is 0.705. The molecule has 0 aromatic rings. The van der Waals surface area contributed by atoms with Gasteiger partial charge in [-0.15, -0.1) is 0 Å². The zero-order chi connectivity index (χ0) is 13.5. The molecule has 0 aromatic carbocycles. The Kier molecular flexibility index (Phi) is 5.95. The zero-order valence-electron chi connectivity index (χ0n) is 11.2. The normalized spacial score (nSPS) is 25.2. The molecule has 1 fully saturated rings. The lowest BCUT2D eigenvalue weighted by Crippen LogP contribution is -2.46. The molecular weight excluding hydrogens is 232 g/mol. The van der Waals surface area contributed by atoms with Crippen LogP contribution < -0.4 is 10.6 Å². The van der Waals surface area contributed by atoms with Crippen LogP contribution in [0.1, 0.15) is 52.4 Å². The molecule has 0 spiro atoms. The molecule has 2 amide bonds. The molecule has 5 nitrogen and oxygen atoms in total. The molecule has 3 atom stereocenters. The van der Waals surface area contributed by atoms with Crippen molar-refractivity contribution < 1.29 is 14.7 Å². The number of carbonyl (C=O) groups is 2. The summed E-state index contributed by atoms with van der Waals surface area (Å²) in [4.78, 5) is 22.1. The topological polar surface area (TPSA) is 78.4 Å². The van der Waals surface area contributed by atoms with Gasteiger partial charge in [-0.1, -0.05) is 19.8 Å². The van der Waals surface area contributed by atoms with E-state index in [1.165, 1.54) is 12.8 Å². The number of hydrogen-bond donors (Lipinski definition) is 3. The van der Waals surface area contributed by atoms with Crippen molar-refractivity contribution in [3.05, 3.63) is 0 Å². The number of hydrogen-bond acceptors (Lipinski definition) is 2. The van der Waals surface area contributed by atoms with Crippen molar-refractivity contribution in [1.29, 1.82) is 0 Å². The first-order valence-corrected chi connectivity index (χ1v) is 6.76. The summed E-state index contributed by atoms with van der Waals surface area (Å²) in [6.45, 7) is 4.03. The zero-order valence-corrected chi connectivity index (χ0v) is 11.2. The Morgan fingerprint density at radius 2 is 2.11 bits per heavy atom. The summed E-state index contributed by atoms with van der Waals surface area (Å²) >= 11 is 0. The van der Waals surface area contributed by atoms with E-state index in [-0.39, 0.29) is 24.5 Å². The van der Waals surface area contributed by atoms with Crippen molar-refractivity contribution >= 4 is 12.0 Å². The second-order valence-corrected chi connectivity index (χ2v) is 5.42. The van der Waals surface area contributed by atoms with Crippen molar-refractivity contribution in [2.24, 2.45) is 5.92 Å². The predicted octanol–water partition coefficient (Wildman–Crippen LogP) is 2.12. The van der Waals surface area contributed by atoms with Gasteiger partial charge in [0.05, 0.1) is 0 Å². The van der Waals surface area contributed by atoms with E-state index in [2.05, 4.69) is 17.6 Å². The van der Waals surface area contributed by atoms with Crippen LogP contribution in [0, 0.1) is 5.92 Å². The van der Waals surface area contributed by atoms with Crippen LogP contribution in [0.5, 0.6) is 0 Å². The van der Waals surface area contributed by atoms with Gasteiger partial charge in [0, 0.05) is 18.5 Å². The van der Waals surface area contributed by atoms with Gasteiger partial charge in [-0.3, -0.25) is 4.79 Å². The van der Waals surface area contributed by atoms with Gasteiger partial charge < -0.3 is 15.7 Å². The highest BCUT2D eigenvalue weighted by Gasteiger charge is 2.20. The molecule has 1 saturated carbocycles. The monoisotopic (exact) mass is 256 g/mol. The van der Waals surface area contributed by atoms with E-state index in [4.69, 9.17) is 5.11 Å². The van der Waals surface area contributed by atoms with Crippen molar-refractivity contribution in [3.8, 4) is 0 Å². The number of rotatable bonds is 5. The Hall–Kier alpha value is -1.26. The standard InChI is InChI=1S/C13H24N2O3/c1-9-4-3-5-11(8-9)15-13(18)14-10(2)6-7-12(16)17/h9-11H,3-8H2,1-2H3,(H,16,17)(H2,14,15,18). The van der Waals surface area contributed by atoms with E-state index >= 15 is 0 Å². The molecule has 1 aliphatic carbocycles. The van der Waals surface area contributed by atoms with E-state index in [1.807, 2.05) is 6.92 Å². The van der Waals surface area contributed by atoms with E-state index in [0.29, 0.717) is 12.3 Å². The number of carboxylic acids is 1. The van der Waals surface area contributed by atoms with Gasteiger partial charge in [-0.25, -0.2) is 4.79 Å². The maximum atomic E-state index is 11.7. The first-order valence-electron chi connectivity index (χ1n) is 6.76. The number of aliphatic carboxylic acids is 1. The fourth-order valence-corrected chi connectivity index (χ4v) is 2.43. The molecule has 0 heterocycles. The number of amides is 2. The fraction of sp³-hybridized carbons (Fsp3) is 0.846. The smallest absolute Gasteiger partial charge is 0.315 e. The molecule has 0 radical (unpaired) electrons. The van der Waals surface area contributed by atoms with Crippen LogP contribution in [-0.4, -0.2) is 29.2 Å². The third-order valence-electron chi connectivity index (χ3n) is 3.44. The summed E-state index contributed by atoms with van der Waals surface area (Å²) in [5.74, 6) is -0.154. The minimum Gasteiger partial charge on any atom is -0.481 e. The summed E-state index contributed by atoms with van der Waals surface area (Å²) in [6, 6.07) is -0.0190. The van der Waals surface area contributed by atoms with Crippen LogP contribution in [0.4, 0.5) is 4.79 Å². The van der Waals surface area contributed by atoms with Crippen LogP contribution in [0.2, 0.25) is 0 Å². The summed E-state index contributed by atoms with van der Waals surface area (Å²) in [5, 5.41) is 14.3. The predicted molar refractivity (Wildman–Crippen MR) is 69.4 cm³/mol. The first-order chi connectivity index (χ1) is 8.47. The molecular formula is C13H24N2O3. The number of carboxylic acid groups (broad SMARTS) is 1. The van der Waals surface area contributed by atoms with Crippen LogP contribution in [0.3, 0.4) is 0 Å². The van der Waals surface area contributed by atoms with Gasteiger partial charge in [0.15, 0.2) is 0 Å². The Bertz CT molecular complexity index is 294. The van der Waals surface area contributed by atoms with Crippen molar-refractivity contribution in [2.45, 2.75) is 64.5 Å². The largest absolute Gasteiger partial charge is 0.481 e. The number of carbonyl (C=O) groups excluding carboxylic acids is 1. The van der Waals surface area contributed by atoms with Crippen LogP contribution in [0.15, 0.2) is 0 Å². The minimum atomic E-state index is -0.829. The molecule has 5 heteroatoms. The van der Waals surface area contributed by atoms with E-state index in [9.17, 15) is 9.59 Å². The highest BCUT2D eigenvalue weighted by atomic mass is 16.4. The van der Waals surface area contributed by atoms with Gasteiger partial charge in [-0.05, 0) is 32.1 Å². The molecule has 104 valence electrons. The lowest BCUT2D eigenvalue weighted by Gasteiger charge is -2.28. The lowest BCUT2D eigenvalue weighted by molar-refractivity contribution is -0.137. The molecule has 0 saturated heterocycles. The first kappa shape index (κ1) is 14.8. The van der Waals surface area contributed by atoms with Crippen LogP contribution in [0.25, 0.3) is 0 Å². The molecule has 0 bridgehead atoms. The van der Waals surface area contributed by atoms with E-state index in [1.54, 1.807) is 0 Å². The maximum absolute atomic E-state index is 11.7. The molecule has 1 rings (SSSR count). The highest BCUT2D eigenvalue weighted by molar-refractivity contribution is 5.74. The van der Waals surface area contributed by atoms with Gasteiger partial charge in [0.2, 0.25) is 0 Å². The Balaban J connectivity index is 2.21. The third-order valence-corrected chi connectivity index (χ3v) is 3.44. The van der Waals surface area contributed by atoms with Gasteiger partial charge >= 0.3 is 12.0 Å². The van der Waals surface area contributed by atoms with Crippen molar-refractivity contribution in [3.63, 3.8) is 0 Å². The molecule has 3 unspecified atom stereocenters. The Morgan fingerprint density at radius 1 is 1.39 bits per heavy atom. The SMILES string of the molecule is CC1CCCC(NC(=O)NC(C)CCC(=O)O)C1. The van der Waals surface area contributed by atoms with Crippen LogP contribution in [-0.2, 0) is 4.79 Å². The van der Waals surface area contributed by atoms with E-state index < -0.39 is 5.97 Å². The second kappa shape index (κ2) is 7.24. The van der Waals surface area contributed by atoms with Gasteiger partial charge in [-0.2, -0.15) is 0 Å². The molecule has 18 heavy (non-hydrogen) atoms. The van der Waals surface area contributed by atoms with Crippen molar-refractivity contribution in [2.75, 3.05) is 0 Å². The second-order valence-electron chi connectivity index (χ2n) is 5.42. The summed E-state index contributed by atoms with van der Waals surface area (Å²) < 4.78 is 0. The van der Waals surface area contributed by atoms with Crippen LogP contribution >= 0.6 is 0 Å². The number of urea groups is 1. The molecule has 0 aliphatic heterocycles. The highest BCUT2D eigenvalue weighted by Crippen LogP contribution is 2.23. The van der Waals surface area contributed by atoms with E-state index in [0.717, 1.165) is 12.8 Å². The minimum absolute atomic E-state index is 0.0852. The lowest BCUT2D eigenvalue weighted by atomic mass is 9.87. The van der Waals surface area contributed by atoms with Crippen molar-refractivity contribution in [1.82, 2.24) is 10.6 Å². The summed E-state index contributed by atoms with van der Waals surface area (Å²) in [5.41, 5.74) is 0. The Labute approximate surface area is 108 Å². The van der Waals surface area contributed by atoms with Gasteiger partial charge in [0.1, 0.15) is 0 Å². The maximum Gasteiger partial charge on any atom is 0.315 e. The number of nitrogens with one attached hydrogen (secondary N) is 2. The summed E-state index contributed by atoms with van der Waals surface area (Å²) in [6.07, 6.45) is 5.04. The summed E-state index contributed by atoms with van der Waals surface area (Å²) in [7, 11) is 0. The average Bonchev–Trinajstić information content (AvgIpc) is 2.26. The molecule has 1 aliphatic rings. The fourth-order valence-electron chi connectivity index (χ4n) is 2.43.